The molecule has 0 radical (unpaired) electrons. The molecule has 2 rings (SSSR count). The fourth-order valence-corrected chi connectivity index (χ4v) is 1.83. The molecule has 0 heterocycles. The van der Waals surface area contributed by atoms with Gasteiger partial charge in [0.1, 0.15) is 5.82 Å². The minimum Gasteiger partial charge on any atom is -0.371 e. The average Bonchev–Trinajstić information content (AvgIpc) is 2.13. The van der Waals surface area contributed by atoms with Crippen molar-refractivity contribution in [2.75, 3.05) is 11.9 Å². The average molecular weight is 194 g/mol. The fraction of sp³-hybridized carbons (Fsp3) is 0.455. The summed E-state index contributed by atoms with van der Waals surface area (Å²) in [6.45, 7) is 0. The predicted molar refractivity (Wildman–Crippen MR) is 55.8 cm³/mol. The third-order valence-corrected chi connectivity index (χ3v) is 2.93. The van der Waals surface area contributed by atoms with Crippen LogP contribution < -0.4 is 10.6 Å². The topological polar surface area (TPSA) is 29.3 Å². The molecule has 1 aliphatic rings. The highest BCUT2D eigenvalue weighted by Crippen LogP contribution is 2.27. The Bertz CT molecular complexity index is 304. The van der Waals surface area contributed by atoms with Gasteiger partial charge in [-0.2, -0.15) is 0 Å². The summed E-state index contributed by atoms with van der Waals surface area (Å²) in [5, 5.41) is 0. The van der Waals surface area contributed by atoms with E-state index in [1.54, 1.807) is 12.1 Å². The van der Waals surface area contributed by atoms with Crippen LogP contribution in [0, 0.1) is 5.82 Å². The van der Waals surface area contributed by atoms with Crippen LogP contribution in [0.15, 0.2) is 24.3 Å². The molecule has 0 unspecified atom stereocenters. The van der Waals surface area contributed by atoms with E-state index in [9.17, 15) is 4.39 Å². The number of anilines is 1. The van der Waals surface area contributed by atoms with Gasteiger partial charge in [-0.05, 0) is 37.1 Å². The molecule has 1 aromatic carbocycles. The van der Waals surface area contributed by atoms with Gasteiger partial charge in [-0.1, -0.05) is 0 Å². The predicted octanol–water partition coefficient (Wildman–Crippen LogP) is 1.75. The van der Waals surface area contributed by atoms with E-state index < -0.39 is 0 Å². The minimum absolute atomic E-state index is 0.188. The Balaban J connectivity index is 2.04. The molecule has 0 aromatic heterocycles. The molecule has 3 heteroatoms. The molecule has 76 valence electrons. The second-order valence-corrected chi connectivity index (χ2v) is 3.97. The van der Waals surface area contributed by atoms with Crippen molar-refractivity contribution in [3.8, 4) is 0 Å². The van der Waals surface area contributed by atoms with Crippen molar-refractivity contribution in [3.05, 3.63) is 30.1 Å². The zero-order chi connectivity index (χ0) is 10.1. The Kier molecular flexibility index (Phi) is 2.42. The second-order valence-electron chi connectivity index (χ2n) is 3.97. The smallest absolute Gasteiger partial charge is 0.123 e. The van der Waals surface area contributed by atoms with E-state index in [4.69, 9.17) is 5.73 Å². The van der Waals surface area contributed by atoms with E-state index >= 15 is 0 Å². The lowest BCUT2D eigenvalue weighted by molar-refractivity contribution is 0.340. The van der Waals surface area contributed by atoms with Gasteiger partial charge in [-0.3, -0.25) is 0 Å². The largest absolute Gasteiger partial charge is 0.371 e. The first kappa shape index (κ1) is 9.46. The maximum Gasteiger partial charge on any atom is 0.123 e. The van der Waals surface area contributed by atoms with Gasteiger partial charge in [0.2, 0.25) is 0 Å². The minimum atomic E-state index is -0.188. The summed E-state index contributed by atoms with van der Waals surface area (Å²) in [6.07, 6.45) is 2.07. The molecule has 1 fully saturated rings. The molecule has 1 aliphatic carbocycles. The number of nitrogens with two attached hydrogens (primary N) is 1. The van der Waals surface area contributed by atoms with Gasteiger partial charge in [-0.25, -0.2) is 4.39 Å². The molecule has 0 bridgehead atoms. The summed E-state index contributed by atoms with van der Waals surface area (Å²) >= 11 is 0. The number of hydrogen-bond donors (Lipinski definition) is 1. The molecule has 1 saturated carbocycles. The molecule has 1 aromatic rings. The summed E-state index contributed by atoms with van der Waals surface area (Å²) in [6, 6.07) is 7.46. The summed E-state index contributed by atoms with van der Waals surface area (Å²) in [4.78, 5) is 2.17. The van der Waals surface area contributed by atoms with Crippen molar-refractivity contribution < 1.29 is 4.39 Å². The first-order valence-corrected chi connectivity index (χ1v) is 4.91. The molecule has 0 atom stereocenters. The molecular weight excluding hydrogens is 179 g/mol. The van der Waals surface area contributed by atoms with Crippen LogP contribution in [0.25, 0.3) is 0 Å². The van der Waals surface area contributed by atoms with E-state index in [1.807, 2.05) is 7.05 Å². The summed E-state index contributed by atoms with van der Waals surface area (Å²) < 4.78 is 12.7. The van der Waals surface area contributed by atoms with Gasteiger partial charge in [0.15, 0.2) is 0 Å². The number of rotatable bonds is 2. The van der Waals surface area contributed by atoms with Gasteiger partial charge in [-0.15, -0.1) is 0 Å². The zero-order valence-electron chi connectivity index (χ0n) is 8.28. The molecular formula is C11H15FN2. The lowest BCUT2D eigenvalue weighted by atomic mass is 9.86. The van der Waals surface area contributed by atoms with E-state index in [2.05, 4.69) is 4.90 Å². The Morgan fingerprint density at radius 2 is 1.86 bits per heavy atom. The van der Waals surface area contributed by atoms with Crippen LogP contribution in [-0.2, 0) is 0 Å². The molecule has 2 nitrogen and oxygen atoms in total. The Labute approximate surface area is 83.5 Å². The Morgan fingerprint density at radius 1 is 1.29 bits per heavy atom. The third-order valence-electron chi connectivity index (χ3n) is 2.93. The van der Waals surface area contributed by atoms with Crippen LogP contribution in [0.2, 0.25) is 0 Å². The van der Waals surface area contributed by atoms with Crippen molar-refractivity contribution in [2.45, 2.75) is 24.9 Å². The van der Waals surface area contributed by atoms with Crippen molar-refractivity contribution in [3.63, 3.8) is 0 Å². The summed E-state index contributed by atoms with van der Waals surface area (Å²) in [5.74, 6) is -0.188. The molecule has 0 saturated heterocycles. The lowest BCUT2D eigenvalue weighted by Gasteiger charge is -2.40. The molecule has 14 heavy (non-hydrogen) atoms. The summed E-state index contributed by atoms with van der Waals surface area (Å²) in [7, 11) is 2.03. The van der Waals surface area contributed by atoms with Crippen LogP contribution in [0.1, 0.15) is 12.8 Å². The Morgan fingerprint density at radius 3 is 2.36 bits per heavy atom. The maximum atomic E-state index is 12.7. The summed E-state index contributed by atoms with van der Waals surface area (Å²) in [5.41, 5.74) is 6.78. The fourth-order valence-electron chi connectivity index (χ4n) is 1.83. The van der Waals surface area contributed by atoms with Crippen molar-refractivity contribution >= 4 is 5.69 Å². The number of halogens is 1. The highest BCUT2D eigenvalue weighted by Gasteiger charge is 2.29. The lowest BCUT2D eigenvalue weighted by Crippen LogP contribution is -2.49. The SMILES string of the molecule is CN(c1ccc(F)cc1)C1CC(N)C1. The van der Waals surface area contributed by atoms with Crippen molar-refractivity contribution in [2.24, 2.45) is 5.73 Å². The van der Waals surface area contributed by atoms with Crippen molar-refractivity contribution in [1.82, 2.24) is 0 Å². The van der Waals surface area contributed by atoms with Gasteiger partial charge in [0.05, 0.1) is 0 Å². The van der Waals surface area contributed by atoms with Crippen LogP contribution in [0.4, 0.5) is 10.1 Å². The van der Waals surface area contributed by atoms with Gasteiger partial charge >= 0.3 is 0 Å². The third kappa shape index (κ3) is 1.73. The van der Waals surface area contributed by atoms with Crippen LogP contribution in [0.5, 0.6) is 0 Å². The number of nitrogens with zero attached hydrogens (tertiary/aromatic N) is 1. The first-order valence-electron chi connectivity index (χ1n) is 4.91. The standard InChI is InChI=1S/C11H15FN2/c1-14(11-6-9(13)7-11)10-4-2-8(12)3-5-10/h2-5,9,11H,6-7,13H2,1H3. The molecule has 0 amide bonds. The molecule has 2 N–H and O–H groups in total. The zero-order valence-corrected chi connectivity index (χ0v) is 8.28. The highest BCUT2D eigenvalue weighted by atomic mass is 19.1. The van der Waals surface area contributed by atoms with Crippen LogP contribution >= 0.6 is 0 Å². The van der Waals surface area contributed by atoms with E-state index in [0.29, 0.717) is 12.1 Å². The maximum absolute atomic E-state index is 12.7. The van der Waals surface area contributed by atoms with Gasteiger partial charge in [0, 0.05) is 24.8 Å². The number of benzene rings is 1. The van der Waals surface area contributed by atoms with E-state index in [-0.39, 0.29) is 5.82 Å². The second kappa shape index (κ2) is 3.58. The molecule has 0 aliphatic heterocycles. The van der Waals surface area contributed by atoms with Gasteiger partial charge in [0.25, 0.3) is 0 Å². The monoisotopic (exact) mass is 194 g/mol. The number of hydrogen-bond acceptors (Lipinski definition) is 2. The molecule has 0 spiro atoms. The van der Waals surface area contributed by atoms with E-state index in [0.717, 1.165) is 18.5 Å². The van der Waals surface area contributed by atoms with Crippen LogP contribution in [0.3, 0.4) is 0 Å². The van der Waals surface area contributed by atoms with Crippen molar-refractivity contribution in [1.29, 1.82) is 0 Å². The van der Waals surface area contributed by atoms with E-state index in [1.165, 1.54) is 12.1 Å². The normalized spacial score (nSPS) is 25.6. The highest BCUT2D eigenvalue weighted by molar-refractivity contribution is 5.47. The van der Waals surface area contributed by atoms with Gasteiger partial charge < -0.3 is 10.6 Å². The first-order chi connectivity index (χ1) is 6.66. The quantitative estimate of drug-likeness (QED) is 0.777. The Hall–Kier alpha value is -1.09. The van der Waals surface area contributed by atoms with Crippen LogP contribution in [-0.4, -0.2) is 19.1 Å².